The van der Waals surface area contributed by atoms with Gasteiger partial charge in [0.1, 0.15) is 17.7 Å². The summed E-state index contributed by atoms with van der Waals surface area (Å²) < 4.78 is 13.6. The summed E-state index contributed by atoms with van der Waals surface area (Å²) in [6, 6.07) is 14.0. The number of hydrogen-bond acceptors (Lipinski definition) is 4. The Balaban J connectivity index is 1.27. The first-order chi connectivity index (χ1) is 16.1. The van der Waals surface area contributed by atoms with Crippen LogP contribution in [0.25, 0.3) is 11.0 Å². The van der Waals surface area contributed by atoms with Crippen LogP contribution in [0.1, 0.15) is 43.5 Å². The van der Waals surface area contributed by atoms with Crippen molar-refractivity contribution in [3.63, 3.8) is 0 Å². The monoisotopic (exact) mass is 469 g/mol. The number of fused-ring (bicyclic) bond motifs is 1. The third-order valence-corrected chi connectivity index (χ3v) is 6.43. The minimum Gasteiger partial charge on any atom is -0.494 e. The number of carbonyl (C=O) groups is 1. The molecule has 1 aliphatic rings. The van der Waals surface area contributed by atoms with Crippen molar-refractivity contribution in [2.45, 2.75) is 58.1 Å². The fraction of sp³-hybridized carbons (Fsp3) is 0.462. The van der Waals surface area contributed by atoms with Gasteiger partial charge in [0, 0.05) is 31.1 Å². The number of carbonyl (C=O) groups excluding carboxylic acids is 1. The number of rotatable bonds is 11. The molecule has 0 saturated carbocycles. The standard InChI is InChI=1S/C26H32ClN3O3/c1-19-18-20(12-13-21(19)27)32-16-5-4-15-30-23-9-3-2-8-22(23)29-25(30)11-6-14-28-26(31)24-10-7-17-33-24/h2-3,8-9,12-13,18,24H,4-7,10-11,14-17H2,1H3,(H,28,31). The highest BCUT2D eigenvalue weighted by Crippen LogP contribution is 2.22. The fourth-order valence-electron chi connectivity index (χ4n) is 4.19. The molecule has 1 unspecified atom stereocenters. The molecule has 1 aromatic heterocycles. The summed E-state index contributed by atoms with van der Waals surface area (Å²) in [5.74, 6) is 1.93. The van der Waals surface area contributed by atoms with E-state index in [1.807, 2.05) is 31.2 Å². The highest BCUT2D eigenvalue weighted by Gasteiger charge is 2.22. The van der Waals surface area contributed by atoms with Gasteiger partial charge in [-0.15, -0.1) is 0 Å². The lowest BCUT2D eigenvalue weighted by Gasteiger charge is -2.12. The fourth-order valence-corrected chi connectivity index (χ4v) is 4.31. The van der Waals surface area contributed by atoms with E-state index >= 15 is 0 Å². The second-order valence-corrected chi connectivity index (χ2v) is 8.94. The molecule has 2 heterocycles. The van der Waals surface area contributed by atoms with Gasteiger partial charge < -0.3 is 19.4 Å². The van der Waals surface area contributed by atoms with Gasteiger partial charge in [0.05, 0.1) is 17.6 Å². The molecule has 0 bridgehead atoms. The van der Waals surface area contributed by atoms with Crippen molar-refractivity contribution in [1.29, 1.82) is 0 Å². The van der Waals surface area contributed by atoms with Crippen LogP contribution in [0.15, 0.2) is 42.5 Å². The van der Waals surface area contributed by atoms with Crippen LogP contribution in [0.5, 0.6) is 5.75 Å². The predicted molar refractivity (Wildman–Crippen MR) is 131 cm³/mol. The summed E-state index contributed by atoms with van der Waals surface area (Å²) in [6.45, 7) is 4.86. The summed E-state index contributed by atoms with van der Waals surface area (Å²) in [5, 5.41) is 3.76. The zero-order valence-corrected chi connectivity index (χ0v) is 19.9. The number of amides is 1. The summed E-state index contributed by atoms with van der Waals surface area (Å²) in [6.07, 6.45) is 5.13. The van der Waals surface area contributed by atoms with E-state index in [0.29, 0.717) is 19.8 Å². The van der Waals surface area contributed by atoms with Crippen LogP contribution in [-0.2, 0) is 22.5 Å². The topological polar surface area (TPSA) is 65.4 Å². The molecule has 0 radical (unpaired) electrons. The molecule has 0 aliphatic carbocycles. The summed E-state index contributed by atoms with van der Waals surface area (Å²) >= 11 is 6.08. The number of nitrogens with one attached hydrogen (secondary N) is 1. The van der Waals surface area contributed by atoms with Crippen LogP contribution in [0.2, 0.25) is 5.02 Å². The Hall–Kier alpha value is -2.57. The summed E-state index contributed by atoms with van der Waals surface area (Å²) in [5.41, 5.74) is 3.20. The summed E-state index contributed by atoms with van der Waals surface area (Å²) in [7, 11) is 0. The van der Waals surface area contributed by atoms with Crippen LogP contribution in [0, 0.1) is 6.92 Å². The average Bonchev–Trinajstić information content (AvgIpc) is 3.47. The van der Waals surface area contributed by atoms with Crippen molar-refractivity contribution in [2.75, 3.05) is 19.8 Å². The number of aryl methyl sites for hydroxylation is 3. The van der Waals surface area contributed by atoms with Crippen LogP contribution in [0.4, 0.5) is 0 Å². The molecule has 1 saturated heterocycles. The Labute approximate surface area is 200 Å². The van der Waals surface area contributed by atoms with E-state index in [1.54, 1.807) is 0 Å². The maximum atomic E-state index is 12.1. The number of halogens is 1. The Bertz CT molecular complexity index is 1080. The first-order valence-corrected chi connectivity index (χ1v) is 12.2. The van der Waals surface area contributed by atoms with Gasteiger partial charge in [-0.3, -0.25) is 4.79 Å². The molecule has 176 valence electrons. The lowest BCUT2D eigenvalue weighted by atomic mass is 10.2. The Kier molecular flexibility index (Phi) is 8.24. The van der Waals surface area contributed by atoms with Crippen LogP contribution >= 0.6 is 11.6 Å². The van der Waals surface area contributed by atoms with Crippen molar-refractivity contribution in [3.05, 3.63) is 58.9 Å². The van der Waals surface area contributed by atoms with Crippen molar-refractivity contribution < 1.29 is 14.3 Å². The number of benzene rings is 2. The molecule has 1 fully saturated rings. The molecule has 0 spiro atoms. The molecule has 2 aromatic carbocycles. The number of imidazole rings is 1. The predicted octanol–water partition coefficient (Wildman–Crippen LogP) is 5.09. The minimum atomic E-state index is -0.270. The number of unbranched alkanes of at least 4 members (excludes halogenated alkanes) is 1. The number of ether oxygens (including phenoxy) is 2. The van der Waals surface area contributed by atoms with Gasteiger partial charge >= 0.3 is 0 Å². The summed E-state index contributed by atoms with van der Waals surface area (Å²) in [4.78, 5) is 17.0. The molecule has 7 heteroatoms. The number of nitrogens with zero attached hydrogens (tertiary/aromatic N) is 2. The van der Waals surface area contributed by atoms with Crippen molar-refractivity contribution in [2.24, 2.45) is 0 Å². The van der Waals surface area contributed by atoms with Crippen LogP contribution < -0.4 is 10.1 Å². The van der Waals surface area contributed by atoms with E-state index < -0.39 is 0 Å². The average molecular weight is 470 g/mol. The third-order valence-electron chi connectivity index (χ3n) is 6.01. The number of aromatic nitrogens is 2. The third kappa shape index (κ3) is 6.27. The molecule has 3 aromatic rings. The highest BCUT2D eigenvalue weighted by atomic mass is 35.5. The lowest BCUT2D eigenvalue weighted by Crippen LogP contribution is -2.34. The first-order valence-electron chi connectivity index (χ1n) is 11.8. The highest BCUT2D eigenvalue weighted by molar-refractivity contribution is 6.31. The second kappa shape index (κ2) is 11.5. The molecule has 6 nitrogen and oxygen atoms in total. The smallest absolute Gasteiger partial charge is 0.249 e. The second-order valence-electron chi connectivity index (χ2n) is 8.53. The van der Waals surface area contributed by atoms with Gasteiger partial charge in [-0.2, -0.15) is 0 Å². The molecule has 1 amide bonds. The van der Waals surface area contributed by atoms with E-state index in [2.05, 4.69) is 28.1 Å². The zero-order chi connectivity index (χ0) is 23.0. The SMILES string of the molecule is Cc1cc(OCCCCn2c(CCCNC(=O)C3CCCO3)nc3ccccc32)ccc1Cl. The molecule has 1 atom stereocenters. The van der Waals surface area contributed by atoms with Gasteiger partial charge in [0.15, 0.2) is 0 Å². The van der Waals surface area contributed by atoms with E-state index in [-0.39, 0.29) is 12.0 Å². The maximum Gasteiger partial charge on any atom is 0.249 e. The molecule has 33 heavy (non-hydrogen) atoms. The van der Waals surface area contributed by atoms with E-state index in [4.69, 9.17) is 26.1 Å². The maximum absolute atomic E-state index is 12.1. The van der Waals surface area contributed by atoms with Gasteiger partial charge in [0.25, 0.3) is 0 Å². The van der Waals surface area contributed by atoms with Crippen molar-refractivity contribution >= 4 is 28.5 Å². The van der Waals surface area contributed by atoms with E-state index in [9.17, 15) is 4.79 Å². The van der Waals surface area contributed by atoms with Gasteiger partial charge in [-0.1, -0.05) is 23.7 Å². The normalized spacial score (nSPS) is 15.8. The minimum absolute atomic E-state index is 0.0110. The number of para-hydroxylation sites is 2. The largest absolute Gasteiger partial charge is 0.494 e. The Morgan fingerprint density at radius 2 is 2.12 bits per heavy atom. The van der Waals surface area contributed by atoms with Crippen LogP contribution in [-0.4, -0.2) is 41.3 Å². The quantitative estimate of drug-likeness (QED) is 0.397. The molecule has 4 rings (SSSR count). The lowest BCUT2D eigenvalue weighted by molar-refractivity contribution is -0.130. The van der Waals surface area contributed by atoms with E-state index in [1.165, 1.54) is 0 Å². The van der Waals surface area contributed by atoms with E-state index in [0.717, 1.165) is 78.3 Å². The molecular weight excluding hydrogens is 438 g/mol. The first kappa shape index (κ1) is 23.6. The van der Waals surface area contributed by atoms with Gasteiger partial charge in [0.2, 0.25) is 5.91 Å². The molecular formula is C26H32ClN3O3. The van der Waals surface area contributed by atoms with Crippen molar-refractivity contribution in [1.82, 2.24) is 14.9 Å². The van der Waals surface area contributed by atoms with Gasteiger partial charge in [-0.05, 0) is 74.9 Å². The van der Waals surface area contributed by atoms with Crippen molar-refractivity contribution in [3.8, 4) is 5.75 Å². The zero-order valence-electron chi connectivity index (χ0n) is 19.2. The molecule has 1 aliphatic heterocycles. The van der Waals surface area contributed by atoms with Gasteiger partial charge in [-0.25, -0.2) is 4.98 Å². The molecule has 1 N–H and O–H groups in total. The number of hydrogen-bond donors (Lipinski definition) is 1. The van der Waals surface area contributed by atoms with Crippen LogP contribution in [0.3, 0.4) is 0 Å². The Morgan fingerprint density at radius 1 is 1.24 bits per heavy atom. The Morgan fingerprint density at radius 3 is 2.94 bits per heavy atom.